The molecule has 1 atom stereocenters. The van der Waals surface area contributed by atoms with Crippen molar-refractivity contribution in [2.24, 2.45) is 10.4 Å². The molecule has 1 saturated heterocycles. The number of nitrogens with one attached hydrogen (secondary N) is 2. The zero-order chi connectivity index (χ0) is 17.3. The lowest BCUT2D eigenvalue weighted by Crippen LogP contribution is -2.48. The molecule has 1 unspecified atom stereocenters. The van der Waals surface area contributed by atoms with E-state index in [2.05, 4.69) is 47.9 Å². The molecule has 0 saturated carbocycles. The lowest BCUT2D eigenvalue weighted by atomic mass is 9.70. The standard InChI is InChI=1S/C21H24ClN3/c1-15(17-7-3-4-8-18(17)22)24-20-21(10-12-23-13-11-21)14-16-6-2-5-9-19(16)25-20/h2-9,15,23H,10-14H2,1H3,(H,24,25). The Morgan fingerprint density at radius 3 is 2.56 bits per heavy atom. The van der Waals surface area contributed by atoms with Crippen molar-refractivity contribution in [3.63, 3.8) is 0 Å². The van der Waals surface area contributed by atoms with Crippen LogP contribution in [0.15, 0.2) is 53.5 Å². The predicted octanol–water partition coefficient (Wildman–Crippen LogP) is 4.84. The number of hydrogen-bond acceptors (Lipinski definition) is 2. The van der Waals surface area contributed by atoms with E-state index in [1.165, 1.54) is 11.3 Å². The van der Waals surface area contributed by atoms with Gasteiger partial charge in [-0.05, 0) is 62.5 Å². The summed E-state index contributed by atoms with van der Waals surface area (Å²) in [6.07, 6.45) is 3.29. The fourth-order valence-electron chi connectivity index (χ4n) is 4.07. The number of hydrogen-bond donors (Lipinski definition) is 2. The van der Waals surface area contributed by atoms with Crippen molar-refractivity contribution in [3.8, 4) is 0 Å². The highest BCUT2D eigenvalue weighted by molar-refractivity contribution is 6.31. The van der Waals surface area contributed by atoms with Gasteiger partial charge in [-0.25, -0.2) is 0 Å². The minimum atomic E-state index is 0.0354. The Morgan fingerprint density at radius 2 is 1.76 bits per heavy atom. The zero-order valence-corrected chi connectivity index (χ0v) is 15.3. The third kappa shape index (κ3) is 3.19. The summed E-state index contributed by atoms with van der Waals surface area (Å²) in [6, 6.07) is 16.6. The number of anilines is 1. The molecule has 25 heavy (non-hydrogen) atoms. The van der Waals surface area contributed by atoms with Gasteiger partial charge in [0.2, 0.25) is 0 Å². The van der Waals surface area contributed by atoms with Crippen LogP contribution in [0.25, 0.3) is 0 Å². The van der Waals surface area contributed by atoms with Gasteiger partial charge in [0.15, 0.2) is 0 Å². The normalized spacial score (nSPS) is 21.6. The van der Waals surface area contributed by atoms with Gasteiger partial charge in [0.05, 0.1) is 6.04 Å². The molecule has 0 aliphatic carbocycles. The van der Waals surface area contributed by atoms with Crippen LogP contribution in [0.4, 0.5) is 5.69 Å². The molecule has 2 heterocycles. The van der Waals surface area contributed by atoms with Gasteiger partial charge in [0.25, 0.3) is 0 Å². The molecular weight excluding hydrogens is 330 g/mol. The summed E-state index contributed by atoms with van der Waals surface area (Å²) in [5.41, 5.74) is 3.78. The fraction of sp³-hybridized carbons (Fsp3) is 0.381. The Morgan fingerprint density at radius 1 is 1.04 bits per heavy atom. The summed E-state index contributed by atoms with van der Waals surface area (Å²) in [6.45, 7) is 4.22. The molecular formula is C21H24ClN3. The van der Waals surface area contributed by atoms with Crippen molar-refractivity contribution in [3.05, 3.63) is 64.7 Å². The summed E-state index contributed by atoms with van der Waals surface area (Å²) in [5.74, 6) is 1.13. The molecule has 3 nitrogen and oxygen atoms in total. The zero-order valence-electron chi connectivity index (χ0n) is 14.6. The van der Waals surface area contributed by atoms with E-state index in [4.69, 9.17) is 16.6 Å². The highest BCUT2D eigenvalue weighted by atomic mass is 35.5. The maximum atomic E-state index is 6.40. The molecule has 0 aromatic heterocycles. The van der Waals surface area contributed by atoms with Crippen molar-refractivity contribution in [1.29, 1.82) is 0 Å². The second kappa shape index (κ2) is 6.81. The summed E-state index contributed by atoms with van der Waals surface area (Å²) < 4.78 is 0. The van der Waals surface area contributed by atoms with E-state index in [0.717, 1.165) is 48.8 Å². The topological polar surface area (TPSA) is 36.4 Å². The minimum absolute atomic E-state index is 0.0354. The van der Waals surface area contributed by atoms with E-state index in [1.54, 1.807) is 0 Å². The number of benzene rings is 2. The van der Waals surface area contributed by atoms with E-state index < -0.39 is 0 Å². The molecule has 0 amide bonds. The number of piperidine rings is 1. The van der Waals surface area contributed by atoms with E-state index >= 15 is 0 Å². The fourth-order valence-corrected chi connectivity index (χ4v) is 4.36. The predicted molar refractivity (Wildman–Crippen MR) is 106 cm³/mol. The molecule has 0 radical (unpaired) electrons. The Bertz CT molecular complexity index is 793. The first kappa shape index (κ1) is 16.6. The van der Waals surface area contributed by atoms with Crippen LogP contribution in [0, 0.1) is 5.41 Å². The Balaban J connectivity index is 1.73. The largest absolute Gasteiger partial charge is 0.343 e. The molecule has 0 bridgehead atoms. The number of nitrogens with zero attached hydrogens (tertiary/aromatic N) is 1. The molecule has 2 N–H and O–H groups in total. The molecule has 1 fully saturated rings. The molecule has 4 heteroatoms. The Labute approximate surface area is 154 Å². The van der Waals surface area contributed by atoms with Crippen LogP contribution in [0.5, 0.6) is 0 Å². The van der Waals surface area contributed by atoms with Gasteiger partial charge in [0.1, 0.15) is 5.84 Å². The third-order valence-corrected chi connectivity index (χ3v) is 5.88. The van der Waals surface area contributed by atoms with Gasteiger partial charge in [-0.1, -0.05) is 48.0 Å². The van der Waals surface area contributed by atoms with Crippen LogP contribution in [0.2, 0.25) is 5.02 Å². The first-order valence-corrected chi connectivity index (χ1v) is 9.44. The first-order chi connectivity index (χ1) is 12.2. The molecule has 2 aromatic rings. The van der Waals surface area contributed by atoms with Crippen LogP contribution < -0.4 is 10.6 Å². The molecule has 4 rings (SSSR count). The summed E-state index contributed by atoms with van der Waals surface area (Å²) in [4.78, 5) is 5.14. The number of fused-ring (bicyclic) bond motifs is 1. The quantitative estimate of drug-likeness (QED) is 0.810. The van der Waals surface area contributed by atoms with Crippen molar-refractivity contribution in [1.82, 2.24) is 5.32 Å². The Hall–Kier alpha value is -1.84. The van der Waals surface area contributed by atoms with Gasteiger partial charge in [-0.2, -0.15) is 0 Å². The second-order valence-electron chi connectivity index (χ2n) is 7.16. The van der Waals surface area contributed by atoms with Crippen molar-refractivity contribution >= 4 is 23.1 Å². The van der Waals surface area contributed by atoms with E-state index in [1.807, 2.05) is 18.2 Å². The monoisotopic (exact) mass is 353 g/mol. The summed E-state index contributed by atoms with van der Waals surface area (Å²) in [7, 11) is 0. The van der Waals surface area contributed by atoms with Gasteiger partial charge in [-0.15, -0.1) is 0 Å². The van der Waals surface area contributed by atoms with Crippen LogP contribution in [0.3, 0.4) is 0 Å². The van der Waals surface area contributed by atoms with E-state index in [9.17, 15) is 0 Å². The van der Waals surface area contributed by atoms with E-state index in [0.29, 0.717) is 0 Å². The van der Waals surface area contributed by atoms with Crippen molar-refractivity contribution < 1.29 is 0 Å². The number of aliphatic imine (C=N–C) groups is 1. The molecule has 2 aromatic carbocycles. The minimum Gasteiger partial charge on any atom is -0.343 e. The smallest absolute Gasteiger partial charge is 0.108 e. The lowest BCUT2D eigenvalue weighted by Gasteiger charge is -2.43. The summed E-state index contributed by atoms with van der Waals surface area (Å²) >= 11 is 6.40. The molecule has 2 aliphatic rings. The third-order valence-electron chi connectivity index (χ3n) is 5.54. The number of amidine groups is 1. The molecule has 2 aliphatic heterocycles. The lowest BCUT2D eigenvalue weighted by molar-refractivity contribution is 0.292. The highest BCUT2D eigenvalue weighted by Gasteiger charge is 2.41. The van der Waals surface area contributed by atoms with Gasteiger partial charge >= 0.3 is 0 Å². The second-order valence-corrected chi connectivity index (χ2v) is 7.57. The van der Waals surface area contributed by atoms with Gasteiger partial charge in [-0.3, -0.25) is 4.99 Å². The van der Waals surface area contributed by atoms with Crippen molar-refractivity contribution in [2.45, 2.75) is 32.2 Å². The first-order valence-electron chi connectivity index (χ1n) is 9.06. The van der Waals surface area contributed by atoms with Crippen LogP contribution in [-0.2, 0) is 6.42 Å². The SMILES string of the molecule is CC(N=C1Nc2ccccc2CC12CCNCC2)c1ccccc1Cl. The Kier molecular flexibility index (Phi) is 4.53. The van der Waals surface area contributed by atoms with Crippen LogP contribution >= 0.6 is 11.6 Å². The maximum Gasteiger partial charge on any atom is 0.108 e. The molecule has 1 spiro atoms. The van der Waals surface area contributed by atoms with Gasteiger partial charge < -0.3 is 10.6 Å². The maximum absolute atomic E-state index is 6.40. The summed E-state index contributed by atoms with van der Waals surface area (Å²) in [5, 5.41) is 7.93. The van der Waals surface area contributed by atoms with Crippen molar-refractivity contribution in [2.75, 3.05) is 18.4 Å². The van der Waals surface area contributed by atoms with Crippen LogP contribution in [-0.4, -0.2) is 18.9 Å². The molecule has 130 valence electrons. The number of rotatable bonds is 2. The van der Waals surface area contributed by atoms with E-state index in [-0.39, 0.29) is 11.5 Å². The van der Waals surface area contributed by atoms with Gasteiger partial charge in [0, 0.05) is 16.1 Å². The highest BCUT2D eigenvalue weighted by Crippen LogP contribution is 2.41. The number of para-hydroxylation sites is 1. The average molecular weight is 354 g/mol. The van der Waals surface area contributed by atoms with Crippen LogP contribution in [0.1, 0.15) is 36.9 Å². The number of halogens is 1. The average Bonchev–Trinajstić information content (AvgIpc) is 2.63.